The highest BCUT2D eigenvalue weighted by Crippen LogP contribution is 2.18. The molecule has 3 aromatic rings. The number of aryl methyl sites for hydroxylation is 1. The molecule has 0 atom stereocenters. The van der Waals surface area contributed by atoms with Gasteiger partial charge in [-0.15, -0.1) is 0 Å². The van der Waals surface area contributed by atoms with E-state index in [1.807, 2.05) is 31.4 Å². The number of halogens is 1. The second-order valence-electron chi connectivity index (χ2n) is 5.59. The van der Waals surface area contributed by atoms with Gasteiger partial charge < -0.3 is 5.32 Å². The van der Waals surface area contributed by atoms with Crippen molar-refractivity contribution in [3.8, 4) is 11.1 Å². The molecule has 0 aliphatic heterocycles. The molecule has 1 aromatic carbocycles. The lowest BCUT2D eigenvalue weighted by Crippen LogP contribution is -2.20. The first-order chi connectivity index (χ1) is 12.1. The predicted molar refractivity (Wildman–Crippen MR) is 98.8 cm³/mol. The van der Waals surface area contributed by atoms with E-state index in [9.17, 15) is 4.79 Å². The third-order valence-corrected chi connectivity index (χ3v) is 3.85. The quantitative estimate of drug-likeness (QED) is 0.715. The van der Waals surface area contributed by atoms with E-state index in [4.69, 9.17) is 11.6 Å². The van der Waals surface area contributed by atoms with Crippen LogP contribution in [0.15, 0.2) is 61.2 Å². The molecule has 6 heteroatoms. The standard InChI is InChI=1S/C19H17ClN4O/c1-24-13-17(12-23-24)16-8-15(9-21-11-16)10-22-19(25)7-4-14-2-5-18(20)6-3-14/h2-9,11-13H,10H2,1H3,(H,22,25)/b7-4+. The fourth-order valence-electron chi connectivity index (χ4n) is 2.31. The molecule has 1 amide bonds. The first-order valence-electron chi connectivity index (χ1n) is 7.74. The fourth-order valence-corrected chi connectivity index (χ4v) is 2.43. The Labute approximate surface area is 151 Å². The highest BCUT2D eigenvalue weighted by Gasteiger charge is 2.03. The number of nitrogens with zero attached hydrogens (tertiary/aromatic N) is 3. The van der Waals surface area contributed by atoms with Crippen LogP contribution >= 0.6 is 11.6 Å². The van der Waals surface area contributed by atoms with Crippen LogP contribution in [0.2, 0.25) is 5.02 Å². The van der Waals surface area contributed by atoms with E-state index in [0.29, 0.717) is 11.6 Å². The van der Waals surface area contributed by atoms with Gasteiger partial charge in [0.05, 0.1) is 6.20 Å². The molecule has 2 aromatic heterocycles. The van der Waals surface area contributed by atoms with Gasteiger partial charge in [-0.05, 0) is 35.4 Å². The molecular weight excluding hydrogens is 336 g/mol. The lowest BCUT2D eigenvalue weighted by Gasteiger charge is -2.04. The number of rotatable bonds is 5. The third-order valence-electron chi connectivity index (χ3n) is 3.60. The van der Waals surface area contributed by atoms with Gasteiger partial charge in [0.2, 0.25) is 5.91 Å². The zero-order valence-corrected chi connectivity index (χ0v) is 14.4. The van der Waals surface area contributed by atoms with E-state index in [1.165, 1.54) is 6.08 Å². The minimum Gasteiger partial charge on any atom is -0.348 e. The number of pyridine rings is 1. The van der Waals surface area contributed by atoms with Crippen LogP contribution in [0.4, 0.5) is 0 Å². The van der Waals surface area contributed by atoms with Crippen LogP contribution in [-0.2, 0) is 18.4 Å². The van der Waals surface area contributed by atoms with Gasteiger partial charge in [0.1, 0.15) is 0 Å². The molecule has 2 heterocycles. The first-order valence-corrected chi connectivity index (χ1v) is 8.12. The molecule has 0 bridgehead atoms. The normalized spacial score (nSPS) is 11.0. The Morgan fingerprint density at radius 3 is 2.72 bits per heavy atom. The summed E-state index contributed by atoms with van der Waals surface area (Å²) in [5.41, 5.74) is 3.80. The molecule has 0 aliphatic carbocycles. The van der Waals surface area contributed by atoms with Crippen molar-refractivity contribution < 1.29 is 4.79 Å². The van der Waals surface area contributed by atoms with Crippen LogP contribution in [0, 0.1) is 0 Å². The van der Waals surface area contributed by atoms with Crippen molar-refractivity contribution in [2.75, 3.05) is 0 Å². The minimum absolute atomic E-state index is 0.165. The van der Waals surface area contributed by atoms with E-state index in [0.717, 1.165) is 22.3 Å². The topological polar surface area (TPSA) is 59.8 Å². The number of carbonyl (C=O) groups excluding carboxylic acids is 1. The lowest BCUT2D eigenvalue weighted by atomic mass is 10.1. The van der Waals surface area contributed by atoms with Crippen LogP contribution in [0.5, 0.6) is 0 Å². The minimum atomic E-state index is -0.165. The maximum absolute atomic E-state index is 12.0. The number of amides is 1. The third kappa shape index (κ3) is 4.78. The van der Waals surface area contributed by atoms with Crippen LogP contribution < -0.4 is 5.32 Å². The molecule has 0 spiro atoms. The molecule has 1 N–H and O–H groups in total. The van der Waals surface area contributed by atoms with Crippen molar-refractivity contribution >= 4 is 23.6 Å². The summed E-state index contributed by atoms with van der Waals surface area (Å²) in [6.45, 7) is 0.408. The Bertz CT molecular complexity index is 900. The van der Waals surface area contributed by atoms with E-state index >= 15 is 0 Å². The Balaban J connectivity index is 1.59. The molecule has 0 fully saturated rings. The predicted octanol–water partition coefficient (Wildman–Crippen LogP) is 3.47. The molecule has 25 heavy (non-hydrogen) atoms. The monoisotopic (exact) mass is 352 g/mol. The summed E-state index contributed by atoms with van der Waals surface area (Å²) in [7, 11) is 1.87. The van der Waals surface area contributed by atoms with Crippen molar-refractivity contribution in [3.05, 3.63) is 77.3 Å². The van der Waals surface area contributed by atoms with Crippen LogP contribution in [0.1, 0.15) is 11.1 Å². The lowest BCUT2D eigenvalue weighted by molar-refractivity contribution is -0.116. The smallest absolute Gasteiger partial charge is 0.244 e. The van der Waals surface area contributed by atoms with Crippen molar-refractivity contribution in [1.82, 2.24) is 20.1 Å². The number of aromatic nitrogens is 3. The molecule has 126 valence electrons. The Kier molecular flexibility index (Phi) is 5.26. The molecule has 0 unspecified atom stereocenters. The molecule has 0 saturated carbocycles. The summed E-state index contributed by atoms with van der Waals surface area (Å²) in [6, 6.07) is 9.28. The second kappa shape index (κ2) is 7.77. The van der Waals surface area contributed by atoms with Crippen molar-refractivity contribution in [2.24, 2.45) is 7.05 Å². The van der Waals surface area contributed by atoms with Gasteiger partial charge in [0, 0.05) is 54.4 Å². The highest BCUT2D eigenvalue weighted by molar-refractivity contribution is 6.30. The second-order valence-corrected chi connectivity index (χ2v) is 6.02. The van der Waals surface area contributed by atoms with Crippen LogP contribution in [0.25, 0.3) is 17.2 Å². The molecule has 3 rings (SSSR count). The molecular formula is C19H17ClN4O. The average molecular weight is 353 g/mol. The van der Waals surface area contributed by atoms with E-state index in [2.05, 4.69) is 15.4 Å². The summed E-state index contributed by atoms with van der Waals surface area (Å²) in [5, 5.41) is 7.68. The van der Waals surface area contributed by atoms with Gasteiger partial charge in [-0.2, -0.15) is 5.10 Å². The Morgan fingerprint density at radius 2 is 2.00 bits per heavy atom. The van der Waals surface area contributed by atoms with Crippen molar-refractivity contribution in [1.29, 1.82) is 0 Å². The van der Waals surface area contributed by atoms with E-state index in [1.54, 1.807) is 41.5 Å². The summed E-state index contributed by atoms with van der Waals surface area (Å²) in [5.74, 6) is -0.165. The van der Waals surface area contributed by atoms with Gasteiger partial charge in [-0.1, -0.05) is 23.7 Å². The van der Waals surface area contributed by atoms with Crippen LogP contribution in [0.3, 0.4) is 0 Å². The number of benzene rings is 1. The van der Waals surface area contributed by atoms with Crippen LogP contribution in [-0.4, -0.2) is 20.7 Å². The largest absolute Gasteiger partial charge is 0.348 e. The van der Waals surface area contributed by atoms with Gasteiger partial charge >= 0.3 is 0 Å². The van der Waals surface area contributed by atoms with Crippen molar-refractivity contribution in [3.63, 3.8) is 0 Å². The van der Waals surface area contributed by atoms with Crippen molar-refractivity contribution in [2.45, 2.75) is 6.54 Å². The SMILES string of the molecule is Cn1cc(-c2cncc(CNC(=O)/C=C/c3ccc(Cl)cc3)c2)cn1. The van der Waals surface area contributed by atoms with E-state index in [-0.39, 0.29) is 5.91 Å². The molecule has 5 nitrogen and oxygen atoms in total. The summed E-state index contributed by atoms with van der Waals surface area (Å²) in [6.07, 6.45) is 10.5. The molecule has 0 radical (unpaired) electrons. The number of nitrogens with one attached hydrogen (secondary N) is 1. The average Bonchev–Trinajstić information content (AvgIpc) is 3.06. The first kappa shape index (κ1) is 16.9. The van der Waals surface area contributed by atoms with Gasteiger partial charge in [-0.25, -0.2) is 0 Å². The zero-order valence-electron chi connectivity index (χ0n) is 13.7. The number of hydrogen-bond acceptors (Lipinski definition) is 3. The number of carbonyl (C=O) groups is 1. The molecule has 0 aliphatic rings. The van der Waals surface area contributed by atoms with Gasteiger partial charge in [0.25, 0.3) is 0 Å². The van der Waals surface area contributed by atoms with Gasteiger partial charge in [-0.3, -0.25) is 14.5 Å². The summed E-state index contributed by atoms with van der Waals surface area (Å²) < 4.78 is 1.74. The Morgan fingerprint density at radius 1 is 1.20 bits per heavy atom. The molecule has 0 saturated heterocycles. The van der Waals surface area contributed by atoms with Gasteiger partial charge in [0.15, 0.2) is 0 Å². The van der Waals surface area contributed by atoms with E-state index < -0.39 is 0 Å². The zero-order chi connectivity index (χ0) is 17.6. The Hall–Kier alpha value is -2.92. The maximum atomic E-state index is 12.0. The fraction of sp³-hybridized carbons (Fsp3) is 0.105. The maximum Gasteiger partial charge on any atom is 0.244 e. The highest BCUT2D eigenvalue weighted by atomic mass is 35.5. The summed E-state index contributed by atoms with van der Waals surface area (Å²) >= 11 is 5.84. The summed E-state index contributed by atoms with van der Waals surface area (Å²) in [4.78, 5) is 16.2. The number of hydrogen-bond donors (Lipinski definition) is 1.